The largest absolute Gasteiger partial charge is 0.494 e. The molecule has 4 aromatic rings. The summed E-state index contributed by atoms with van der Waals surface area (Å²) in [5.41, 5.74) is 2.03. The molecule has 174 valence electrons. The molecule has 0 unspecified atom stereocenters. The number of fused-ring (bicyclic) bond motifs is 1. The highest BCUT2D eigenvalue weighted by atomic mass is 19.2. The Kier molecular flexibility index (Phi) is 5.74. The van der Waals surface area contributed by atoms with Gasteiger partial charge >= 0.3 is 0 Å². The number of rotatable bonds is 5. The van der Waals surface area contributed by atoms with Gasteiger partial charge in [0.2, 0.25) is 0 Å². The lowest BCUT2D eigenvalue weighted by molar-refractivity contribution is 0.0746. The summed E-state index contributed by atoms with van der Waals surface area (Å²) in [4.78, 5) is 25.1. The maximum atomic E-state index is 13.5. The van der Waals surface area contributed by atoms with E-state index in [9.17, 15) is 13.6 Å². The molecule has 0 saturated carbocycles. The summed E-state index contributed by atoms with van der Waals surface area (Å²) < 4.78 is 33.8. The second-order valence-corrected chi connectivity index (χ2v) is 7.71. The Hall–Kier alpha value is -4.15. The topological polar surface area (TPSA) is 89.3 Å². The molecular weight excluding hydrogens is 444 g/mol. The fourth-order valence-electron chi connectivity index (χ4n) is 3.93. The van der Waals surface area contributed by atoms with Crippen LogP contribution in [0, 0.1) is 11.6 Å². The van der Waals surface area contributed by atoms with Crippen LogP contribution in [0.25, 0.3) is 16.9 Å². The predicted octanol–water partition coefficient (Wildman–Crippen LogP) is 2.85. The highest BCUT2D eigenvalue weighted by molar-refractivity contribution is 5.94. The van der Waals surface area contributed by atoms with Crippen LogP contribution in [-0.2, 0) is 0 Å². The normalized spacial score (nSPS) is 14.0. The Morgan fingerprint density at radius 2 is 1.76 bits per heavy atom. The highest BCUT2D eigenvalue weighted by Crippen LogP contribution is 2.25. The summed E-state index contributed by atoms with van der Waals surface area (Å²) in [7, 11) is 0. The van der Waals surface area contributed by atoms with E-state index in [1.165, 1.54) is 12.4 Å². The molecule has 0 N–H and O–H groups in total. The zero-order chi connectivity index (χ0) is 23.7. The molecule has 0 spiro atoms. The molecule has 1 aliphatic rings. The molecule has 9 nitrogen and oxygen atoms in total. The number of nitrogens with zero attached hydrogens (tertiary/aromatic N) is 7. The number of hydrogen-bond acceptors (Lipinski definition) is 7. The molecule has 0 atom stereocenters. The number of halogens is 2. The van der Waals surface area contributed by atoms with Gasteiger partial charge in [-0.05, 0) is 49.4 Å². The summed E-state index contributed by atoms with van der Waals surface area (Å²) >= 11 is 0. The molecule has 3 heterocycles. The van der Waals surface area contributed by atoms with Gasteiger partial charge in [-0.1, -0.05) is 5.21 Å². The van der Waals surface area contributed by atoms with Crippen molar-refractivity contribution in [2.24, 2.45) is 0 Å². The molecule has 2 aromatic heterocycles. The molecule has 34 heavy (non-hydrogen) atoms. The minimum Gasteiger partial charge on any atom is -0.494 e. The van der Waals surface area contributed by atoms with Crippen LogP contribution in [0.4, 0.5) is 14.6 Å². The van der Waals surface area contributed by atoms with E-state index in [4.69, 9.17) is 4.74 Å². The molecule has 2 aromatic carbocycles. The van der Waals surface area contributed by atoms with Gasteiger partial charge in [0.25, 0.3) is 5.91 Å². The molecule has 1 saturated heterocycles. The molecule has 0 radical (unpaired) electrons. The second-order valence-electron chi connectivity index (χ2n) is 7.71. The van der Waals surface area contributed by atoms with Crippen LogP contribution in [-0.4, -0.2) is 68.6 Å². The lowest BCUT2D eigenvalue weighted by Crippen LogP contribution is -2.49. The summed E-state index contributed by atoms with van der Waals surface area (Å²) in [5, 5.41) is 8.57. The van der Waals surface area contributed by atoms with Crippen LogP contribution in [0.2, 0.25) is 0 Å². The zero-order valence-corrected chi connectivity index (χ0v) is 18.4. The van der Waals surface area contributed by atoms with Gasteiger partial charge < -0.3 is 14.5 Å². The first-order valence-electron chi connectivity index (χ1n) is 10.8. The van der Waals surface area contributed by atoms with Crippen molar-refractivity contribution in [3.8, 4) is 11.4 Å². The first-order valence-corrected chi connectivity index (χ1v) is 10.8. The van der Waals surface area contributed by atoms with Crippen molar-refractivity contribution < 1.29 is 18.3 Å². The molecule has 0 bridgehead atoms. The Labute approximate surface area is 193 Å². The van der Waals surface area contributed by atoms with Gasteiger partial charge in [-0.15, -0.1) is 5.10 Å². The molecule has 5 rings (SSSR count). The maximum absolute atomic E-state index is 13.5. The Bertz CT molecular complexity index is 1340. The first kappa shape index (κ1) is 21.7. The second kappa shape index (κ2) is 9.00. The van der Waals surface area contributed by atoms with Crippen molar-refractivity contribution in [3.05, 3.63) is 66.0 Å². The monoisotopic (exact) mass is 465 g/mol. The summed E-state index contributed by atoms with van der Waals surface area (Å²) in [6.07, 6.45) is 1.46. The number of hydrogen-bond donors (Lipinski definition) is 0. The number of aromatic nitrogens is 5. The Morgan fingerprint density at radius 1 is 1.00 bits per heavy atom. The van der Waals surface area contributed by atoms with E-state index < -0.39 is 11.6 Å². The quantitative estimate of drug-likeness (QED) is 0.448. The van der Waals surface area contributed by atoms with Crippen molar-refractivity contribution >= 4 is 22.9 Å². The number of ether oxygens (including phenoxy) is 1. The maximum Gasteiger partial charge on any atom is 0.254 e. The van der Waals surface area contributed by atoms with E-state index >= 15 is 0 Å². The van der Waals surface area contributed by atoms with Crippen molar-refractivity contribution in [2.45, 2.75) is 6.92 Å². The van der Waals surface area contributed by atoms with E-state index in [-0.39, 0.29) is 11.5 Å². The van der Waals surface area contributed by atoms with Crippen molar-refractivity contribution in [1.82, 2.24) is 29.9 Å². The first-order chi connectivity index (χ1) is 16.5. The van der Waals surface area contributed by atoms with Gasteiger partial charge in [0.05, 0.1) is 12.3 Å². The van der Waals surface area contributed by atoms with Gasteiger partial charge in [-0.2, -0.15) is 4.68 Å². The zero-order valence-electron chi connectivity index (χ0n) is 18.4. The molecule has 1 fully saturated rings. The summed E-state index contributed by atoms with van der Waals surface area (Å²) in [5.74, 6) is -0.965. The molecule has 11 heteroatoms. The third-order valence-electron chi connectivity index (χ3n) is 5.64. The van der Waals surface area contributed by atoms with Crippen LogP contribution < -0.4 is 9.64 Å². The average Bonchev–Trinajstić information content (AvgIpc) is 3.30. The van der Waals surface area contributed by atoms with Crippen LogP contribution in [0.15, 0.2) is 48.8 Å². The van der Waals surface area contributed by atoms with Crippen molar-refractivity contribution in [1.29, 1.82) is 0 Å². The smallest absolute Gasteiger partial charge is 0.254 e. The lowest BCUT2D eigenvalue weighted by Gasteiger charge is -2.35. The molecule has 1 amide bonds. The molecule has 1 aliphatic heterocycles. The van der Waals surface area contributed by atoms with E-state index in [1.807, 2.05) is 36.1 Å². The number of anilines is 1. The summed E-state index contributed by atoms with van der Waals surface area (Å²) in [6, 6.07) is 10.7. The molecule has 0 aliphatic carbocycles. The standard InChI is InChI=1S/C23H21F2N7O2/c1-2-34-17-6-4-16(5-7-17)32-22-20(28-29-32)21(26-14-27-22)30-9-11-31(12-10-30)23(33)15-3-8-18(24)19(25)13-15/h3-8,13-14H,2,9-12H2,1H3. The van der Waals surface area contributed by atoms with Crippen LogP contribution in [0.5, 0.6) is 5.75 Å². The third-order valence-corrected chi connectivity index (χ3v) is 5.64. The van der Waals surface area contributed by atoms with Crippen molar-refractivity contribution in [3.63, 3.8) is 0 Å². The minimum absolute atomic E-state index is 0.120. The van der Waals surface area contributed by atoms with Gasteiger partial charge in [-0.25, -0.2) is 18.7 Å². The Balaban J connectivity index is 1.33. The number of piperazine rings is 1. The van der Waals surface area contributed by atoms with Gasteiger partial charge in [0.1, 0.15) is 12.1 Å². The van der Waals surface area contributed by atoms with E-state index in [1.54, 1.807) is 9.58 Å². The van der Waals surface area contributed by atoms with Gasteiger partial charge in [0, 0.05) is 31.7 Å². The van der Waals surface area contributed by atoms with E-state index in [2.05, 4.69) is 20.3 Å². The van der Waals surface area contributed by atoms with Gasteiger partial charge in [-0.3, -0.25) is 4.79 Å². The fourth-order valence-corrected chi connectivity index (χ4v) is 3.93. The highest BCUT2D eigenvalue weighted by Gasteiger charge is 2.26. The number of amides is 1. The number of carbonyl (C=O) groups is 1. The lowest BCUT2D eigenvalue weighted by atomic mass is 10.1. The SMILES string of the molecule is CCOc1ccc(-n2nnc3c(N4CCN(C(=O)c5ccc(F)c(F)c5)CC4)ncnc32)cc1. The average molecular weight is 465 g/mol. The van der Waals surface area contributed by atoms with Crippen molar-refractivity contribution in [2.75, 3.05) is 37.7 Å². The minimum atomic E-state index is -1.04. The van der Waals surface area contributed by atoms with Gasteiger partial charge in [0.15, 0.2) is 28.6 Å². The Morgan fingerprint density at radius 3 is 2.47 bits per heavy atom. The number of benzene rings is 2. The van der Waals surface area contributed by atoms with Crippen LogP contribution in [0.1, 0.15) is 17.3 Å². The van der Waals surface area contributed by atoms with Crippen LogP contribution in [0.3, 0.4) is 0 Å². The van der Waals surface area contributed by atoms with E-state index in [0.717, 1.165) is 23.6 Å². The third kappa shape index (κ3) is 4.00. The fraction of sp³-hybridized carbons (Fsp3) is 0.261. The van der Waals surface area contributed by atoms with E-state index in [0.29, 0.717) is 49.8 Å². The molecular formula is C23H21F2N7O2. The summed E-state index contributed by atoms with van der Waals surface area (Å²) in [6.45, 7) is 4.30. The predicted molar refractivity (Wildman–Crippen MR) is 120 cm³/mol. The van der Waals surface area contributed by atoms with Crippen LogP contribution >= 0.6 is 0 Å². The number of carbonyl (C=O) groups excluding carboxylic acids is 1.